The fourth-order valence-electron chi connectivity index (χ4n) is 4.12. The van der Waals surface area contributed by atoms with E-state index in [0.29, 0.717) is 6.42 Å². The number of rotatable bonds is 21. The first kappa shape index (κ1) is 32.8. The zero-order valence-electron chi connectivity index (χ0n) is 23.7. The SMILES string of the molecule is CCCCCCCCCCCCCC(=O)Oc1ccccc1C(=O)OCCOCCOC(=O)c1ccccc1O. The van der Waals surface area contributed by atoms with Gasteiger partial charge in [0.15, 0.2) is 0 Å². The summed E-state index contributed by atoms with van der Waals surface area (Å²) in [5.74, 6) is -1.61. The highest BCUT2D eigenvalue weighted by atomic mass is 16.6. The molecule has 0 unspecified atom stereocenters. The quantitative estimate of drug-likeness (QED) is 0.0992. The van der Waals surface area contributed by atoms with Gasteiger partial charge < -0.3 is 24.1 Å². The molecule has 2 aromatic carbocycles. The molecule has 0 aliphatic rings. The van der Waals surface area contributed by atoms with Crippen LogP contribution in [0.5, 0.6) is 11.5 Å². The maximum atomic E-state index is 12.5. The van der Waals surface area contributed by atoms with Gasteiger partial charge in [0.05, 0.1) is 13.2 Å². The van der Waals surface area contributed by atoms with Crippen molar-refractivity contribution in [3.8, 4) is 11.5 Å². The highest BCUT2D eigenvalue weighted by molar-refractivity contribution is 5.93. The van der Waals surface area contributed by atoms with Gasteiger partial charge in [0.25, 0.3) is 0 Å². The van der Waals surface area contributed by atoms with Crippen LogP contribution in [0.1, 0.15) is 105 Å². The number of hydrogen-bond donors (Lipinski definition) is 1. The Bertz CT molecular complexity index is 1020. The third-order valence-corrected chi connectivity index (χ3v) is 6.36. The van der Waals surface area contributed by atoms with E-state index in [-0.39, 0.29) is 55.0 Å². The van der Waals surface area contributed by atoms with E-state index in [1.54, 1.807) is 36.4 Å². The number of unbranched alkanes of at least 4 members (excludes halogenated alkanes) is 10. The zero-order chi connectivity index (χ0) is 28.8. The molecule has 0 aliphatic carbocycles. The summed E-state index contributed by atoms with van der Waals surface area (Å²) in [4.78, 5) is 36.8. The molecule has 8 nitrogen and oxygen atoms in total. The van der Waals surface area contributed by atoms with E-state index in [2.05, 4.69) is 6.92 Å². The topological polar surface area (TPSA) is 108 Å². The van der Waals surface area contributed by atoms with Crippen LogP contribution >= 0.6 is 0 Å². The molecule has 0 heterocycles. The van der Waals surface area contributed by atoms with Gasteiger partial charge in [-0.25, -0.2) is 9.59 Å². The molecule has 0 saturated carbocycles. The van der Waals surface area contributed by atoms with Gasteiger partial charge >= 0.3 is 17.9 Å². The van der Waals surface area contributed by atoms with Crippen molar-refractivity contribution in [3.63, 3.8) is 0 Å². The van der Waals surface area contributed by atoms with Crippen molar-refractivity contribution in [3.05, 3.63) is 59.7 Å². The molecule has 0 aromatic heterocycles. The van der Waals surface area contributed by atoms with Gasteiger partial charge in [-0.05, 0) is 30.7 Å². The van der Waals surface area contributed by atoms with Crippen LogP contribution in [0.3, 0.4) is 0 Å². The van der Waals surface area contributed by atoms with Crippen LogP contribution in [0.4, 0.5) is 0 Å². The summed E-state index contributed by atoms with van der Waals surface area (Å²) in [6.45, 7) is 2.40. The molecular formula is C32H44O8. The Morgan fingerprint density at radius 2 is 1.12 bits per heavy atom. The second-order valence-electron chi connectivity index (χ2n) is 9.66. The van der Waals surface area contributed by atoms with E-state index in [9.17, 15) is 19.5 Å². The lowest BCUT2D eigenvalue weighted by atomic mass is 10.1. The minimum absolute atomic E-state index is 0.0149. The highest BCUT2D eigenvalue weighted by Gasteiger charge is 2.16. The van der Waals surface area contributed by atoms with Gasteiger partial charge in [0.1, 0.15) is 35.8 Å². The molecule has 2 aromatic rings. The monoisotopic (exact) mass is 556 g/mol. The van der Waals surface area contributed by atoms with E-state index < -0.39 is 11.9 Å². The van der Waals surface area contributed by atoms with Crippen molar-refractivity contribution in [2.75, 3.05) is 26.4 Å². The number of esters is 3. The summed E-state index contributed by atoms with van der Waals surface area (Å²) in [5, 5.41) is 9.66. The van der Waals surface area contributed by atoms with Crippen molar-refractivity contribution in [1.82, 2.24) is 0 Å². The highest BCUT2D eigenvalue weighted by Crippen LogP contribution is 2.20. The third kappa shape index (κ3) is 13.6. The van der Waals surface area contributed by atoms with Crippen LogP contribution in [0.25, 0.3) is 0 Å². The standard InChI is InChI=1S/C32H44O8/c1-2-3-4-5-6-7-8-9-10-11-12-21-30(34)40-29-20-16-14-18-27(29)32(36)39-25-23-37-22-24-38-31(35)26-17-13-15-19-28(26)33/h13-20,33H,2-12,21-25H2,1H3. The lowest BCUT2D eigenvalue weighted by Crippen LogP contribution is -2.16. The molecule has 0 fully saturated rings. The molecule has 0 atom stereocenters. The summed E-state index contributed by atoms with van der Waals surface area (Å²) >= 11 is 0. The zero-order valence-corrected chi connectivity index (χ0v) is 23.7. The Hall–Kier alpha value is -3.39. The van der Waals surface area contributed by atoms with Gasteiger partial charge in [0, 0.05) is 6.42 Å². The molecule has 0 amide bonds. The fourth-order valence-corrected chi connectivity index (χ4v) is 4.12. The second kappa shape index (κ2) is 20.5. The third-order valence-electron chi connectivity index (χ3n) is 6.36. The number of phenolic OH excluding ortho intramolecular Hbond substituents is 1. The van der Waals surface area contributed by atoms with Gasteiger partial charge in [0.2, 0.25) is 0 Å². The Morgan fingerprint density at radius 3 is 1.73 bits per heavy atom. The first-order valence-corrected chi connectivity index (χ1v) is 14.5. The summed E-state index contributed by atoms with van der Waals surface area (Å²) < 4.78 is 21.1. The van der Waals surface area contributed by atoms with E-state index in [1.165, 1.54) is 63.5 Å². The normalized spacial score (nSPS) is 10.7. The molecule has 220 valence electrons. The Balaban J connectivity index is 1.56. The molecule has 0 aliphatic heterocycles. The van der Waals surface area contributed by atoms with Crippen LogP contribution in [0, 0.1) is 0 Å². The van der Waals surface area contributed by atoms with Gasteiger partial charge in [-0.3, -0.25) is 4.79 Å². The maximum Gasteiger partial charge on any atom is 0.342 e. The molecule has 2 rings (SSSR count). The van der Waals surface area contributed by atoms with E-state index in [4.69, 9.17) is 18.9 Å². The van der Waals surface area contributed by atoms with Crippen LogP contribution in [-0.4, -0.2) is 49.4 Å². The van der Waals surface area contributed by atoms with Crippen LogP contribution < -0.4 is 4.74 Å². The number of para-hydroxylation sites is 2. The molecular weight excluding hydrogens is 512 g/mol. The van der Waals surface area contributed by atoms with Crippen LogP contribution in [0.15, 0.2) is 48.5 Å². The van der Waals surface area contributed by atoms with Crippen molar-refractivity contribution in [1.29, 1.82) is 0 Å². The molecule has 1 N–H and O–H groups in total. The molecule has 0 saturated heterocycles. The van der Waals surface area contributed by atoms with Crippen molar-refractivity contribution in [2.45, 2.75) is 84.0 Å². The van der Waals surface area contributed by atoms with Gasteiger partial charge in [-0.1, -0.05) is 95.4 Å². The largest absolute Gasteiger partial charge is 0.507 e. The van der Waals surface area contributed by atoms with E-state index in [0.717, 1.165) is 19.3 Å². The lowest BCUT2D eigenvalue weighted by Gasteiger charge is -2.11. The van der Waals surface area contributed by atoms with Gasteiger partial charge in [-0.2, -0.15) is 0 Å². The molecule has 8 heteroatoms. The van der Waals surface area contributed by atoms with Crippen molar-refractivity contribution in [2.24, 2.45) is 0 Å². The van der Waals surface area contributed by atoms with Gasteiger partial charge in [-0.15, -0.1) is 0 Å². The molecule has 0 bridgehead atoms. The number of aromatic hydroxyl groups is 1. The Kier molecular flexibility index (Phi) is 16.8. The Labute approximate surface area is 238 Å². The summed E-state index contributed by atoms with van der Waals surface area (Å²) in [6.07, 6.45) is 13.5. The summed E-state index contributed by atoms with van der Waals surface area (Å²) in [7, 11) is 0. The van der Waals surface area contributed by atoms with Crippen molar-refractivity contribution >= 4 is 17.9 Å². The van der Waals surface area contributed by atoms with E-state index in [1.807, 2.05) is 0 Å². The number of carbonyl (C=O) groups excluding carboxylic acids is 3. The predicted molar refractivity (Wildman–Crippen MR) is 153 cm³/mol. The Morgan fingerprint density at radius 1 is 0.625 bits per heavy atom. The maximum absolute atomic E-state index is 12.5. The average molecular weight is 557 g/mol. The van der Waals surface area contributed by atoms with Crippen LogP contribution in [0.2, 0.25) is 0 Å². The number of benzene rings is 2. The summed E-state index contributed by atoms with van der Waals surface area (Å²) in [6, 6.07) is 12.6. The van der Waals surface area contributed by atoms with Crippen molar-refractivity contribution < 1.29 is 38.4 Å². The molecule has 0 radical (unpaired) electrons. The number of carbonyl (C=O) groups is 3. The number of ether oxygens (including phenoxy) is 4. The molecule has 40 heavy (non-hydrogen) atoms. The number of hydrogen-bond acceptors (Lipinski definition) is 8. The number of phenols is 1. The first-order valence-electron chi connectivity index (χ1n) is 14.5. The van der Waals surface area contributed by atoms with E-state index >= 15 is 0 Å². The minimum Gasteiger partial charge on any atom is -0.507 e. The lowest BCUT2D eigenvalue weighted by molar-refractivity contribution is -0.134. The molecule has 0 spiro atoms. The second-order valence-corrected chi connectivity index (χ2v) is 9.66. The fraction of sp³-hybridized carbons (Fsp3) is 0.531. The first-order chi connectivity index (χ1) is 19.5. The summed E-state index contributed by atoms with van der Waals surface area (Å²) in [5.41, 5.74) is 0.251. The van der Waals surface area contributed by atoms with Crippen LogP contribution in [-0.2, 0) is 19.0 Å². The minimum atomic E-state index is -0.650. The average Bonchev–Trinajstić information content (AvgIpc) is 2.95. The predicted octanol–water partition coefficient (Wildman–Crippen LogP) is 7.03. The smallest absolute Gasteiger partial charge is 0.342 e.